The molecule has 5 heteroatoms. The van der Waals surface area contributed by atoms with Crippen molar-refractivity contribution in [1.29, 1.82) is 0 Å². The van der Waals surface area contributed by atoms with Gasteiger partial charge >= 0.3 is 5.97 Å². The van der Waals surface area contributed by atoms with E-state index in [2.05, 4.69) is 35.3 Å². The lowest BCUT2D eigenvalue weighted by molar-refractivity contribution is -0.157. The Balaban J connectivity index is 1.99. The van der Waals surface area contributed by atoms with E-state index in [0.717, 1.165) is 19.7 Å². The van der Waals surface area contributed by atoms with Gasteiger partial charge in [-0.15, -0.1) is 0 Å². The molecule has 1 aromatic rings. The number of nitrogens with zero attached hydrogens (tertiary/aromatic N) is 1. The Hall–Kier alpha value is -1.59. The van der Waals surface area contributed by atoms with Crippen LogP contribution in [0.3, 0.4) is 0 Å². The number of nitrogens with one attached hydrogen (secondary N) is 1. The van der Waals surface area contributed by atoms with Gasteiger partial charge in [0.05, 0.1) is 12.7 Å². The van der Waals surface area contributed by atoms with Crippen LogP contribution in [-0.4, -0.2) is 43.4 Å². The highest BCUT2D eigenvalue weighted by Crippen LogP contribution is 2.23. The molecule has 1 saturated heterocycles. The van der Waals surface area contributed by atoms with E-state index in [1.54, 1.807) is 0 Å². The highest BCUT2D eigenvalue weighted by atomic mass is 16.6. The van der Waals surface area contributed by atoms with Gasteiger partial charge in [-0.1, -0.05) is 18.2 Å². The normalized spacial score (nSPS) is 19.9. The molecule has 5 nitrogen and oxygen atoms in total. The quantitative estimate of drug-likeness (QED) is 0.839. The first-order valence-corrected chi connectivity index (χ1v) is 8.67. The molecule has 1 N–H and O–H groups in total. The van der Waals surface area contributed by atoms with Crippen LogP contribution in [0.5, 0.6) is 0 Å². The van der Waals surface area contributed by atoms with Crippen molar-refractivity contribution in [1.82, 2.24) is 5.32 Å². The zero-order valence-electron chi connectivity index (χ0n) is 15.5. The van der Waals surface area contributed by atoms with Crippen LogP contribution in [0.1, 0.15) is 40.2 Å². The second kappa shape index (κ2) is 7.99. The number of morpholine rings is 1. The van der Waals surface area contributed by atoms with E-state index >= 15 is 0 Å². The molecule has 0 saturated carbocycles. The summed E-state index contributed by atoms with van der Waals surface area (Å²) < 4.78 is 11.0. The Bertz CT molecular complexity index is 554. The molecule has 2 rings (SSSR count). The first kappa shape index (κ1) is 18.7. The average Bonchev–Trinajstić information content (AvgIpc) is 2.51. The number of hydrogen-bond donors (Lipinski definition) is 1. The third-order valence-electron chi connectivity index (χ3n) is 3.93. The second-order valence-corrected chi connectivity index (χ2v) is 7.39. The fraction of sp³-hybridized carbons (Fsp3) is 0.632. The molecule has 0 spiro atoms. The summed E-state index contributed by atoms with van der Waals surface area (Å²) in [5, 5.41) is 3.28. The van der Waals surface area contributed by atoms with Crippen molar-refractivity contribution >= 4 is 11.7 Å². The van der Waals surface area contributed by atoms with Gasteiger partial charge in [-0.2, -0.15) is 0 Å². The summed E-state index contributed by atoms with van der Waals surface area (Å²) in [4.78, 5) is 14.4. The molecular formula is C19H30N2O3. The largest absolute Gasteiger partial charge is 0.459 e. The highest BCUT2D eigenvalue weighted by Gasteiger charge is 2.22. The predicted molar refractivity (Wildman–Crippen MR) is 96.2 cm³/mol. The summed E-state index contributed by atoms with van der Waals surface area (Å²) >= 11 is 0. The monoisotopic (exact) mass is 334 g/mol. The van der Waals surface area contributed by atoms with Crippen molar-refractivity contribution < 1.29 is 14.3 Å². The zero-order valence-corrected chi connectivity index (χ0v) is 15.5. The minimum Gasteiger partial charge on any atom is -0.459 e. The maximum absolute atomic E-state index is 12.1. The van der Waals surface area contributed by atoms with Crippen molar-refractivity contribution in [3.63, 3.8) is 0 Å². The number of hydrogen-bond acceptors (Lipinski definition) is 5. The first-order chi connectivity index (χ1) is 11.3. The minimum atomic E-state index is -0.463. The van der Waals surface area contributed by atoms with E-state index in [-0.39, 0.29) is 18.1 Å². The maximum Gasteiger partial charge on any atom is 0.323 e. The molecule has 1 aliphatic heterocycles. The van der Waals surface area contributed by atoms with E-state index in [1.807, 2.05) is 33.8 Å². The SMILES string of the molecule is CC1CN(c2ccccc2CN[C@@H](C)C(=O)OC(C)(C)C)CCO1. The van der Waals surface area contributed by atoms with E-state index in [4.69, 9.17) is 9.47 Å². The van der Waals surface area contributed by atoms with Gasteiger partial charge < -0.3 is 19.7 Å². The number of ether oxygens (including phenoxy) is 2. The zero-order chi connectivity index (χ0) is 17.7. The third-order valence-corrected chi connectivity index (χ3v) is 3.93. The van der Waals surface area contributed by atoms with E-state index in [9.17, 15) is 4.79 Å². The average molecular weight is 334 g/mol. The fourth-order valence-corrected chi connectivity index (χ4v) is 2.74. The summed E-state index contributed by atoms with van der Waals surface area (Å²) in [6.07, 6.45) is 0.237. The Labute approximate surface area is 145 Å². The molecule has 2 atom stereocenters. The van der Waals surface area contributed by atoms with Crippen molar-refractivity contribution in [2.45, 2.75) is 58.9 Å². The molecular weight excluding hydrogens is 304 g/mol. The van der Waals surface area contributed by atoms with Crippen LogP contribution in [0.25, 0.3) is 0 Å². The van der Waals surface area contributed by atoms with Crippen molar-refractivity contribution in [2.24, 2.45) is 0 Å². The van der Waals surface area contributed by atoms with Gasteiger partial charge in [0.15, 0.2) is 0 Å². The van der Waals surface area contributed by atoms with Crippen LogP contribution in [0.2, 0.25) is 0 Å². The highest BCUT2D eigenvalue weighted by molar-refractivity contribution is 5.75. The van der Waals surface area contributed by atoms with Gasteiger partial charge in [-0.05, 0) is 46.2 Å². The number of anilines is 1. The molecule has 24 heavy (non-hydrogen) atoms. The van der Waals surface area contributed by atoms with E-state index in [1.165, 1.54) is 11.3 Å². The van der Waals surface area contributed by atoms with Crippen LogP contribution >= 0.6 is 0 Å². The second-order valence-electron chi connectivity index (χ2n) is 7.39. The van der Waals surface area contributed by atoms with Crippen LogP contribution < -0.4 is 10.2 Å². The molecule has 1 unspecified atom stereocenters. The van der Waals surface area contributed by atoms with Crippen LogP contribution in [-0.2, 0) is 20.8 Å². The fourth-order valence-electron chi connectivity index (χ4n) is 2.74. The summed E-state index contributed by atoms with van der Waals surface area (Å²) in [5.41, 5.74) is 1.92. The van der Waals surface area contributed by atoms with Gasteiger partial charge in [0, 0.05) is 25.3 Å². The Kier molecular flexibility index (Phi) is 6.24. The van der Waals surface area contributed by atoms with E-state index in [0.29, 0.717) is 6.54 Å². The summed E-state index contributed by atoms with van der Waals surface area (Å²) in [5.74, 6) is -0.222. The first-order valence-electron chi connectivity index (χ1n) is 8.67. The topological polar surface area (TPSA) is 50.8 Å². The van der Waals surface area contributed by atoms with Crippen molar-refractivity contribution in [3.8, 4) is 0 Å². The lowest BCUT2D eigenvalue weighted by Crippen LogP contribution is -2.42. The summed E-state index contributed by atoms with van der Waals surface area (Å²) in [7, 11) is 0. The number of rotatable bonds is 5. The van der Waals surface area contributed by atoms with Gasteiger partial charge in [-0.25, -0.2) is 0 Å². The smallest absolute Gasteiger partial charge is 0.323 e. The lowest BCUT2D eigenvalue weighted by atomic mass is 10.1. The summed E-state index contributed by atoms with van der Waals surface area (Å²) in [6, 6.07) is 7.97. The van der Waals surface area contributed by atoms with Crippen LogP contribution in [0.4, 0.5) is 5.69 Å². The minimum absolute atomic E-state index is 0.222. The lowest BCUT2D eigenvalue weighted by Gasteiger charge is -2.34. The number of para-hydroxylation sites is 1. The molecule has 0 aromatic heterocycles. The van der Waals surface area contributed by atoms with Crippen molar-refractivity contribution in [3.05, 3.63) is 29.8 Å². The van der Waals surface area contributed by atoms with Crippen molar-refractivity contribution in [2.75, 3.05) is 24.6 Å². The molecule has 134 valence electrons. The number of carbonyl (C=O) groups excluding carboxylic acids is 1. The molecule has 1 aromatic carbocycles. The molecule has 0 amide bonds. The van der Waals surface area contributed by atoms with Crippen LogP contribution in [0, 0.1) is 0 Å². The molecule has 1 heterocycles. The number of esters is 1. The number of carbonyl (C=O) groups is 1. The van der Waals surface area contributed by atoms with Gasteiger partial charge in [0.1, 0.15) is 11.6 Å². The summed E-state index contributed by atoms with van der Waals surface area (Å²) in [6.45, 7) is 12.7. The Morgan fingerprint density at radius 1 is 1.42 bits per heavy atom. The predicted octanol–water partition coefficient (Wildman–Crippen LogP) is 2.73. The molecule has 1 fully saturated rings. The Morgan fingerprint density at radius 2 is 2.12 bits per heavy atom. The standard InChI is InChI=1S/C19H30N2O3/c1-14-13-21(10-11-23-14)17-9-7-6-8-16(17)12-20-15(2)18(22)24-19(3,4)5/h6-9,14-15,20H,10-13H2,1-5H3/t14?,15-/m0/s1. The van der Waals surface area contributed by atoms with E-state index < -0.39 is 5.60 Å². The van der Waals surface area contributed by atoms with Gasteiger partial charge in [0.2, 0.25) is 0 Å². The molecule has 1 aliphatic rings. The Morgan fingerprint density at radius 3 is 2.79 bits per heavy atom. The molecule has 0 radical (unpaired) electrons. The molecule has 0 aliphatic carbocycles. The maximum atomic E-state index is 12.1. The molecule has 0 bridgehead atoms. The third kappa shape index (κ3) is 5.49. The van der Waals surface area contributed by atoms with Gasteiger partial charge in [0.25, 0.3) is 0 Å². The number of benzene rings is 1. The van der Waals surface area contributed by atoms with Crippen LogP contribution in [0.15, 0.2) is 24.3 Å². The van der Waals surface area contributed by atoms with Gasteiger partial charge in [-0.3, -0.25) is 4.79 Å².